The fraction of sp³-hybridized carbons (Fsp3) is 1.00. The van der Waals surface area contributed by atoms with E-state index in [1.165, 1.54) is 63.4 Å². The second kappa shape index (κ2) is 7.01. The first-order chi connectivity index (χ1) is 8.29. The molecular formula is C14H28N2S. The predicted octanol–water partition coefficient (Wildman–Crippen LogP) is 2.55. The van der Waals surface area contributed by atoms with E-state index in [0.717, 1.165) is 12.0 Å². The van der Waals surface area contributed by atoms with E-state index in [9.17, 15) is 0 Å². The van der Waals surface area contributed by atoms with Crippen LogP contribution in [0.3, 0.4) is 0 Å². The third-order valence-corrected chi connectivity index (χ3v) is 5.46. The minimum Gasteiger partial charge on any atom is -0.303 e. The Morgan fingerprint density at radius 2 is 2.00 bits per heavy atom. The molecule has 100 valence electrons. The van der Waals surface area contributed by atoms with Crippen molar-refractivity contribution < 1.29 is 0 Å². The molecule has 0 aliphatic carbocycles. The SMILES string of the molecule is CCN1CCC[C@H](CN(C)C2CCSCC2)C1. The van der Waals surface area contributed by atoms with Crippen LogP contribution in [0.5, 0.6) is 0 Å². The van der Waals surface area contributed by atoms with Gasteiger partial charge in [-0.15, -0.1) is 0 Å². The van der Waals surface area contributed by atoms with E-state index in [1.807, 2.05) is 0 Å². The van der Waals surface area contributed by atoms with Crippen LogP contribution in [0.4, 0.5) is 0 Å². The Morgan fingerprint density at radius 3 is 2.71 bits per heavy atom. The van der Waals surface area contributed by atoms with Crippen LogP contribution in [-0.2, 0) is 0 Å². The van der Waals surface area contributed by atoms with Crippen LogP contribution in [0.25, 0.3) is 0 Å². The van der Waals surface area contributed by atoms with Gasteiger partial charge in [0.25, 0.3) is 0 Å². The molecule has 2 heterocycles. The van der Waals surface area contributed by atoms with E-state index in [1.54, 1.807) is 0 Å². The molecule has 0 bridgehead atoms. The molecule has 0 saturated carbocycles. The molecule has 0 N–H and O–H groups in total. The van der Waals surface area contributed by atoms with Crippen molar-refractivity contribution in [3.05, 3.63) is 0 Å². The van der Waals surface area contributed by atoms with Crippen LogP contribution in [-0.4, -0.2) is 60.6 Å². The molecule has 0 aromatic rings. The smallest absolute Gasteiger partial charge is 0.0108 e. The average molecular weight is 256 g/mol. The molecule has 2 aliphatic heterocycles. The Kier molecular flexibility index (Phi) is 5.64. The normalized spacial score (nSPS) is 28.8. The first kappa shape index (κ1) is 13.7. The number of hydrogen-bond donors (Lipinski definition) is 0. The molecule has 2 rings (SSSR count). The number of piperidine rings is 1. The fourth-order valence-electron chi connectivity index (χ4n) is 3.27. The van der Waals surface area contributed by atoms with Crippen molar-refractivity contribution in [1.82, 2.24) is 9.80 Å². The zero-order chi connectivity index (χ0) is 12.1. The van der Waals surface area contributed by atoms with Gasteiger partial charge in [-0.2, -0.15) is 11.8 Å². The molecule has 2 fully saturated rings. The quantitative estimate of drug-likeness (QED) is 0.763. The number of likely N-dealkylation sites (tertiary alicyclic amines) is 1. The highest BCUT2D eigenvalue weighted by molar-refractivity contribution is 7.99. The summed E-state index contributed by atoms with van der Waals surface area (Å²) in [6, 6.07) is 0.869. The highest BCUT2D eigenvalue weighted by Crippen LogP contribution is 2.23. The van der Waals surface area contributed by atoms with Crippen molar-refractivity contribution >= 4 is 11.8 Å². The van der Waals surface area contributed by atoms with Crippen molar-refractivity contribution in [3.8, 4) is 0 Å². The molecule has 17 heavy (non-hydrogen) atoms. The standard InChI is InChI=1S/C14H28N2S/c1-3-16-8-4-5-13(12-16)11-15(2)14-6-9-17-10-7-14/h13-14H,3-12H2,1-2H3/t13-/m1/s1. The van der Waals surface area contributed by atoms with Crippen molar-refractivity contribution in [2.75, 3.05) is 44.7 Å². The summed E-state index contributed by atoms with van der Waals surface area (Å²) in [6.45, 7) is 7.52. The van der Waals surface area contributed by atoms with Gasteiger partial charge in [-0.1, -0.05) is 6.92 Å². The Balaban J connectivity index is 1.74. The number of rotatable bonds is 4. The van der Waals surface area contributed by atoms with Crippen molar-refractivity contribution in [2.24, 2.45) is 5.92 Å². The molecule has 0 radical (unpaired) electrons. The maximum atomic E-state index is 2.66. The number of nitrogens with zero attached hydrogens (tertiary/aromatic N) is 2. The van der Waals surface area contributed by atoms with E-state index in [4.69, 9.17) is 0 Å². The van der Waals surface area contributed by atoms with Crippen molar-refractivity contribution in [3.63, 3.8) is 0 Å². The molecule has 0 aromatic heterocycles. The molecule has 2 aliphatic rings. The molecule has 0 aromatic carbocycles. The predicted molar refractivity (Wildman–Crippen MR) is 77.8 cm³/mol. The van der Waals surface area contributed by atoms with E-state index >= 15 is 0 Å². The van der Waals surface area contributed by atoms with Crippen LogP contribution < -0.4 is 0 Å². The molecule has 2 nitrogen and oxygen atoms in total. The second-order valence-electron chi connectivity index (χ2n) is 5.68. The Labute approximate surface area is 111 Å². The van der Waals surface area contributed by atoms with Crippen LogP contribution in [0.2, 0.25) is 0 Å². The van der Waals surface area contributed by atoms with E-state index in [2.05, 4.69) is 35.5 Å². The van der Waals surface area contributed by atoms with Crippen molar-refractivity contribution in [2.45, 2.75) is 38.6 Å². The van der Waals surface area contributed by atoms with Crippen molar-refractivity contribution in [1.29, 1.82) is 0 Å². The summed E-state index contributed by atoms with van der Waals surface area (Å²) in [7, 11) is 2.35. The van der Waals surface area contributed by atoms with Crippen LogP contribution in [0.1, 0.15) is 32.6 Å². The van der Waals surface area contributed by atoms with Gasteiger partial charge in [0.05, 0.1) is 0 Å². The first-order valence-electron chi connectivity index (χ1n) is 7.30. The summed E-state index contributed by atoms with van der Waals surface area (Å²) in [5, 5.41) is 0. The average Bonchev–Trinajstić information content (AvgIpc) is 2.40. The molecular weight excluding hydrogens is 228 g/mol. The third kappa shape index (κ3) is 4.15. The maximum Gasteiger partial charge on any atom is 0.0108 e. The van der Waals surface area contributed by atoms with Gasteiger partial charge in [0.15, 0.2) is 0 Å². The van der Waals surface area contributed by atoms with Crippen LogP contribution >= 0.6 is 11.8 Å². The highest BCUT2D eigenvalue weighted by Gasteiger charge is 2.24. The lowest BCUT2D eigenvalue weighted by molar-refractivity contribution is 0.125. The lowest BCUT2D eigenvalue weighted by atomic mass is 9.96. The number of hydrogen-bond acceptors (Lipinski definition) is 3. The second-order valence-corrected chi connectivity index (χ2v) is 6.91. The van der Waals surface area contributed by atoms with E-state index in [-0.39, 0.29) is 0 Å². The van der Waals surface area contributed by atoms with Gasteiger partial charge < -0.3 is 9.80 Å². The Bertz CT molecular complexity index is 216. The van der Waals surface area contributed by atoms with Gasteiger partial charge in [-0.05, 0) is 63.2 Å². The van der Waals surface area contributed by atoms with Gasteiger partial charge in [-0.25, -0.2) is 0 Å². The van der Waals surface area contributed by atoms with Crippen LogP contribution in [0.15, 0.2) is 0 Å². The Hall–Kier alpha value is 0.270. The van der Waals surface area contributed by atoms with Crippen LogP contribution in [0, 0.1) is 5.92 Å². The van der Waals surface area contributed by atoms with Gasteiger partial charge in [0, 0.05) is 19.1 Å². The van der Waals surface area contributed by atoms with E-state index < -0.39 is 0 Å². The van der Waals surface area contributed by atoms with Gasteiger partial charge >= 0.3 is 0 Å². The summed E-state index contributed by atoms with van der Waals surface area (Å²) >= 11 is 2.13. The third-order valence-electron chi connectivity index (χ3n) is 4.41. The number of thioether (sulfide) groups is 1. The van der Waals surface area contributed by atoms with Gasteiger partial charge in [0.2, 0.25) is 0 Å². The lowest BCUT2D eigenvalue weighted by Gasteiger charge is -2.37. The van der Waals surface area contributed by atoms with Gasteiger partial charge in [-0.3, -0.25) is 0 Å². The lowest BCUT2D eigenvalue weighted by Crippen LogP contribution is -2.43. The largest absolute Gasteiger partial charge is 0.303 e. The molecule has 2 saturated heterocycles. The maximum absolute atomic E-state index is 2.66. The monoisotopic (exact) mass is 256 g/mol. The fourth-order valence-corrected chi connectivity index (χ4v) is 4.35. The highest BCUT2D eigenvalue weighted by atomic mass is 32.2. The molecule has 0 spiro atoms. The summed E-state index contributed by atoms with van der Waals surface area (Å²) in [5.74, 6) is 3.67. The summed E-state index contributed by atoms with van der Waals surface area (Å²) < 4.78 is 0. The molecule has 3 heteroatoms. The molecule has 1 atom stereocenters. The summed E-state index contributed by atoms with van der Waals surface area (Å²) in [4.78, 5) is 5.28. The summed E-state index contributed by atoms with van der Waals surface area (Å²) in [6.07, 6.45) is 5.67. The first-order valence-corrected chi connectivity index (χ1v) is 8.45. The zero-order valence-corrected chi connectivity index (χ0v) is 12.3. The minimum absolute atomic E-state index is 0.869. The van der Waals surface area contributed by atoms with E-state index in [0.29, 0.717) is 0 Å². The molecule has 0 amide bonds. The molecule has 0 unspecified atom stereocenters. The zero-order valence-electron chi connectivity index (χ0n) is 11.5. The topological polar surface area (TPSA) is 6.48 Å². The van der Waals surface area contributed by atoms with Gasteiger partial charge in [0.1, 0.15) is 0 Å². The minimum atomic E-state index is 0.869. The Morgan fingerprint density at radius 1 is 1.24 bits per heavy atom. The summed E-state index contributed by atoms with van der Waals surface area (Å²) in [5.41, 5.74) is 0.